The van der Waals surface area contributed by atoms with Crippen LogP contribution < -0.4 is 21.4 Å². The lowest BCUT2D eigenvalue weighted by Gasteiger charge is -2.13. The minimum Gasteiger partial charge on any atom is -0.294 e. The van der Waals surface area contributed by atoms with Gasteiger partial charge in [0.2, 0.25) is 5.91 Å². The van der Waals surface area contributed by atoms with E-state index in [2.05, 4.69) is 10.3 Å². The molecule has 2 aromatic carbocycles. The summed E-state index contributed by atoms with van der Waals surface area (Å²) in [5.74, 6) is -0.205. The number of urea groups is 1. The number of benzene rings is 2. The third kappa shape index (κ3) is 4.02. The molecule has 0 aliphatic carbocycles. The zero-order chi connectivity index (χ0) is 20.5. The van der Waals surface area contributed by atoms with E-state index in [0.29, 0.717) is 16.9 Å². The number of rotatable bonds is 5. The summed E-state index contributed by atoms with van der Waals surface area (Å²) in [5, 5.41) is 9.66. The number of nitrogens with one attached hydrogen (secondary N) is 1. The highest BCUT2D eigenvalue weighted by Gasteiger charge is 2.27. The average molecular weight is 404 g/mol. The number of amidine groups is 1. The molecule has 3 amide bonds. The molecular formula is C22H22N5O3+. The summed E-state index contributed by atoms with van der Waals surface area (Å²) in [6.45, 7) is -0.0254. The van der Waals surface area contributed by atoms with Crippen LogP contribution in [0.25, 0.3) is 10.8 Å². The molecule has 3 aromatic rings. The Hall–Kier alpha value is -4.07. The lowest BCUT2D eigenvalue weighted by atomic mass is 10.0. The van der Waals surface area contributed by atoms with Crippen LogP contribution >= 0.6 is 0 Å². The summed E-state index contributed by atoms with van der Waals surface area (Å²) >= 11 is 0. The third-order valence-electron chi connectivity index (χ3n) is 4.75. The van der Waals surface area contributed by atoms with E-state index in [-0.39, 0.29) is 37.9 Å². The first-order chi connectivity index (χ1) is 13.9. The Morgan fingerprint density at radius 2 is 1.77 bits per heavy atom. The SMILES string of the molecule is C.NC(=[NH2+])c1ccc2cc(CC(=O)c3ccc(N4CC(=O)NC4=O)cc3)ncc2c1. The van der Waals surface area contributed by atoms with E-state index in [0.717, 1.165) is 16.3 Å². The van der Waals surface area contributed by atoms with Gasteiger partial charge in [-0.25, -0.2) is 4.79 Å². The van der Waals surface area contributed by atoms with Gasteiger partial charge < -0.3 is 0 Å². The first-order valence-corrected chi connectivity index (χ1v) is 8.92. The standard InChI is InChI=1S/C21H17N5O3.CH4/c22-20(23)14-2-1-13-8-16(24-10-15(13)7-14)9-18(27)12-3-5-17(6-4-12)26-11-19(28)25-21(26)29;/h1-8,10H,9,11H2,(H3,22,23)(H,25,28,29);1H4/p+1. The van der Waals surface area contributed by atoms with Crippen molar-refractivity contribution in [2.45, 2.75) is 13.8 Å². The number of hydrogen-bond acceptors (Lipinski definition) is 4. The van der Waals surface area contributed by atoms with E-state index in [4.69, 9.17) is 11.1 Å². The number of imide groups is 1. The fourth-order valence-corrected chi connectivity index (χ4v) is 3.21. The molecule has 8 nitrogen and oxygen atoms in total. The molecule has 5 N–H and O–H groups in total. The van der Waals surface area contributed by atoms with Crippen molar-refractivity contribution in [2.75, 3.05) is 11.4 Å². The second kappa shape index (κ2) is 8.12. The van der Waals surface area contributed by atoms with E-state index < -0.39 is 6.03 Å². The number of aromatic nitrogens is 1. The van der Waals surface area contributed by atoms with E-state index in [1.165, 1.54) is 4.90 Å². The molecule has 30 heavy (non-hydrogen) atoms. The molecule has 1 fully saturated rings. The zero-order valence-corrected chi connectivity index (χ0v) is 15.4. The van der Waals surface area contributed by atoms with Crippen molar-refractivity contribution < 1.29 is 19.8 Å². The largest absolute Gasteiger partial charge is 0.329 e. The van der Waals surface area contributed by atoms with Crippen molar-refractivity contribution in [3.63, 3.8) is 0 Å². The molecule has 1 aromatic heterocycles. The van der Waals surface area contributed by atoms with Gasteiger partial charge in [0.1, 0.15) is 6.54 Å². The lowest BCUT2D eigenvalue weighted by molar-refractivity contribution is -0.117. The van der Waals surface area contributed by atoms with Gasteiger partial charge in [0.05, 0.1) is 12.0 Å². The highest BCUT2D eigenvalue weighted by Crippen LogP contribution is 2.20. The van der Waals surface area contributed by atoms with Gasteiger partial charge in [-0.15, -0.1) is 0 Å². The molecule has 0 unspecified atom stereocenters. The minimum atomic E-state index is -0.466. The second-order valence-electron chi connectivity index (χ2n) is 6.78. The Kier molecular flexibility index (Phi) is 5.59. The van der Waals surface area contributed by atoms with Crippen LogP contribution in [0.15, 0.2) is 54.7 Å². The molecule has 0 bridgehead atoms. The maximum atomic E-state index is 12.6. The van der Waals surface area contributed by atoms with E-state index in [1.807, 2.05) is 24.3 Å². The Bertz CT molecular complexity index is 1170. The summed E-state index contributed by atoms with van der Waals surface area (Å²) in [5.41, 5.74) is 8.06. The lowest BCUT2D eigenvalue weighted by Crippen LogP contribution is -2.46. The zero-order valence-electron chi connectivity index (χ0n) is 15.4. The predicted octanol–water partition coefficient (Wildman–Crippen LogP) is 0.817. The highest BCUT2D eigenvalue weighted by molar-refractivity contribution is 6.12. The van der Waals surface area contributed by atoms with Crippen molar-refractivity contribution in [3.05, 3.63) is 71.5 Å². The minimum absolute atomic E-state index is 0. The van der Waals surface area contributed by atoms with E-state index >= 15 is 0 Å². The van der Waals surface area contributed by atoms with Crippen LogP contribution in [0.5, 0.6) is 0 Å². The van der Waals surface area contributed by atoms with Crippen molar-refractivity contribution >= 4 is 40.0 Å². The smallest absolute Gasteiger partial charge is 0.294 e. The van der Waals surface area contributed by atoms with E-state index in [9.17, 15) is 14.4 Å². The topological polar surface area (TPSA) is 131 Å². The number of nitrogens with two attached hydrogens (primary N) is 2. The maximum absolute atomic E-state index is 12.6. The van der Waals surface area contributed by atoms with Gasteiger partial charge in [0.15, 0.2) is 5.78 Å². The van der Waals surface area contributed by atoms with Gasteiger partial charge in [-0.1, -0.05) is 13.5 Å². The number of ketones is 1. The Balaban J connectivity index is 0.00000256. The van der Waals surface area contributed by atoms with Crippen LogP contribution in [-0.4, -0.2) is 35.1 Å². The van der Waals surface area contributed by atoms with Gasteiger partial charge >= 0.3 is 6.03 Å². The van der Waals surface area contributed by atoms with Gasteiger partial charge in [-0.05, 0) is 47.9 Å². The first-order valence-electron chi connectivity index (χ1n) is 8.92. The first kappa shape index (κ1) is 20.7. The van der Waals surface area contributed by atoms with Crippen LogP contribution in [0.2, 0.25) is 0 Å². The molecule has 1 aliphatic heterocycles. The molecule has 152 valence electrons. The number of carbonyl (C=O) groups excluding carboxylic acids is 3. The highest BCUT2D eigenvalue weighted by atomic mass is 16.2. The molecule has 0 atom stereocenters. The van der Waals surface area contributed by atoms with Gasteiger partial charge in [-0.2, -0.15) is 0 Å². The van der Waals surface area contributed by atoms with Crippen molar-refractivity contribution in [1.82, 2.24) is 10.3 Å². The quantitative estimate of drug-likeness (QED) is 0.251. The van der Waals surface area contributed by atoms with Crippen LogP contribution in [0.1, 0.15) is 29.0 Å². The number of nitrogens with zero attached hydrogens (tertiary/aromatic N) is 2. The second-order valence-corrected chi connectivity index (χ2v) is 6.78. The Morgan fingerprint density at radius 1 is 1.07 bits per heavy atom. The number of carbonyl (C=O) groups is 3. The number of anilines is 1. The normalized spacial score (nSPS) is 13.1. The molecule has 8 heteroatoms. The number of pyridine rings is 1. The van der Waals surface area contributed by atoms with Gasteiger partial charge in [-0.3, -0.25) is 35.9 Å². The van der Waals surface area contributed by atoms with Crippen molar-refractivity contribution in [3.8, 4) is 0 Å². The molecule has 1 aliphatic rings. The summed E-state index contributed by atoms with van der Waals surface area (Å²) in [4.78, 5) is 41.3. The predicted molar refractivity (Wildman–Crippen MR) is 114 cm³/mol. The van der Waals surface area contributed by atoms with Crippen LogP contribution in [0.3, 0.4) is 0 Å². The fourth-order valence-electron chi connectivity index (χ4n) is 3.21. The van der Waals surface area contributed by atoms with Crippen LogP contribution in [-0.2, 0) is 11.2 Å². The summed E-state index contributed by atoms with van der Waals surface area (Å²) in [6, 6.07) is 13.5. The molecule has 2 heterocycles. The molecule has 1 saturated heterocycles. The Morgan fingerprint density at radius 3 is 2.40 bits per heavy atom. The van der Waals surface area contributed by atoms with Crippen LogP contribution in [0.4, 0.5) is 10.5 Å². The van der Waals surface area contributed by atoms with Crippen molar-refractivity contribution in [1.29, 1.82) is 0 Å². The Labute approximate surface area is 173 Å². The maximum Gasteiger partial charge on any atom is 0.329 e. The summed E-state index contributed by atoms with van der Waals surface area (Å²) < 4.78 is 0. The number of Topliss-reactive ketones (excluding diaryl/α,β-unsaturated/α-hetero) is 1. The fraction of sp³-hybridized carbons (Fsp3) is 0.136. The molecule has 0 saturated carbocycles. The van der Waals surface area contributed by atoms with Gasteiger partial charge in [0.25, 0.3) is 5.84 Å². The number of hydrogen-bond donors (Lipinski definition) is 3. The molecule has 0 radical (unpaired) electrons. The summed E-state index contributed by atoms with van der Waals surface area (Å²) in [6.07, 6.45) is 1.83. The number of amides is 3. The molecular weight excluding hydrogens is 382 g/mol. The van der Waals surface area contributed by atoms with Crippen LogP contribution in [0, 0.1) is 0 Å². The van der Waals surface area contributed by atoms with Crippen molar-refractivity contribution in [2.24, 2.45) is 5.73 Å². The molecule has 4 rings (SSSR count). The number of fused-ring (bicyclic) bond motifs is 1. The van der Waals surface area contributed by atoms with Gasteiger partial charge in [0, 0.05) is 28.5 Å². The monoisotopic (exact) mass is 404 g/mol. The average Bonchev–Trinajstić information content (AvgIpc) is 3.05. The summed E-state index contributed by atoms with van der Waals surface area (Å²) in [7, 11) is 0. The molecule has 0 spiro atoms. The van der Waals surface area contributed by atoms with E-state index in [1.54, 1.807) is 30.5 Å². The third-order valence-corrected chi connectivity index (χ3v) is 4.75.